The summed E-state index contributed by atoms with van der Waals surface area (Å²) < 4.78 is 7.29. The zero-order valence-corrected chi connectivity index (χ0v) is 17.8. The molecule has 1 fully saturated rings. The number of amides is 1. The number of carbonyl (C=O) groups is 1. The highest BCUT2D eigenvalue weighted by Crippen LogP contribution is 2.37. The van der Waals surface area contributed by atoms with Gasteiger partial charge in [0, 0.05) is 37.2 Å². The maximum Gasteiger partial charge on any atom is 0.223 e. The Balaban J connectivity index is 1.27. The molecular formula is C24H28N4O3. The molecule has 2 atom stereocenters. The lowest BCUT2D eigenvalue weighted by Crippen LogP contribution is -2.52. The van der Waals surface area contributed by atoms with Gasteiger partial charge in [0.05, 0.1) is 37.6 Å². The first kappa shape index (κ1) is 19.9. The Morgan fingerprint density at radius 3 is 3.06 bits per heavy atom. The predicted octanol–water partition coefficient (Wildman–Crippen LogP) is 3.00. The minimum Gasteiger partial charge on any atom is -0.497 e. The van der Waals surface area contributed by atoms with Crippen molar-refractivity contribution in [1.29, 1.82) is 0 Å². The van der Waals surface area contributed by atoms with Gasteiger partial charge in [0.2, 0.25) is 5.91 Å². The second-order valence-corrected chi connectivity index (χ2v) is 8.74. The Kier molecular flexibility index (Phi) is 5.06. The lowest BCUT2D eigenvalue weighted by molar-refractivity contribution is -0.139. The van der Waals surface area contributed by atoms with Crippen LogP contribution in [-0.2, 0) is 11.3 Å². The molecule has 5 rings (SSSR count). The van der Waals surface area contributed by atoms with Crippen molar-refractivity contribution in [3.05, 3.63) is 54.4 Å². The summed E-state index contributed by atoms with van der Waals surface area (Å²) in [5.41, 5.74) is 3.17. The number of likely N-dealkylation sites (tertiary alicyclic amines) is 1. The Morgan fingerprint density at radius 2 is 2.19 bits per heavy atom. The molecule has 1 saturated heterocycles. The quantitative estimate of drug-likeness (QED) is 0.663. The molecule has 3 heterocycles. The van der Waals surface area contributed by atoms with Crippen LogP contribution in [0.4, 0.5) is 5.69 Å². The number of carbonyl (C=O) groups excluding carboxylic acids is 1. The fourth-order valence-corrected chi connectivity index (χ4v) is 4.94. The van der Waals surface area contributed by atoms with Gasteiger partial charge in [0.25, 0.3) is 0 Å². The summed E-state index contributed by atoms with van der Waals surface area (Å²) >= 11 is 0. The summed E-state index contributed by atoms with van der Waals surface area (Å²) in [6.07, 6.45) is 3.69. The van der Waals surface area contributed by atoms with Gasteiger partial charge in [-0.05, 0) is 36.6 Å². The maximum atomic E-state index is 13.1. The minimum atomic E-state index is -0.948. The second kappa shape index (κ2) is 7.89. The normalized spacial score (nSPS) is 22.9. The molecule has 0 spiro atoms. The fourth-order valence-electron chi connectivity index (χ4n) is 4.94. The molecule has 0 aliphatic carbocycles. The zero-order chi connectivity index (χ0) is 21.4. The standard InChI is InChI=1S/C24H28N4O3/c1-31-18-7-8-19-17(13-25-21(19)12-18)11-23(29)27-10-4-9-24(30,14-27)15-28-16-26-20-5-2-3-6-22(20)28/h2-3,5-8,12,16-17,25,30H,4,9-11,13-15H2,1H3/t17-,24+/m1/s1. The number of rotatable bonds is 5. The van der Waals surface area contributed by atoms with Crippen LogP contribution < -0.4 is 10.1 Å². The van der Waals surface area contributed by atoms with E-state index in [4.69, 9.17) is 4.74 Å². The van der Waals surface area contributed by atoms with Crippen molar-refractivity contribution in [1.82, 2.24) is 14.5 Å². The first-order chi connectivity index (χ1) is 15.0. The van der Waals surface area contributed by atoms with Gasteiger partial charge in [0.15, 0.2) is 0 Å². The number of methoxy groups -OCH3 is 1. The van der Waals surface area contributed by atoms with Crippen LogP contribution in [0.5, 0.6) is 5.75 Å². The highest BCUT2D eigenvalue weighted by atomic mass is 16.5. The Bertz CT molecular complexity index is 1110. The van der Waals surface area contributed by atoms with Crippen molar-refractivity contribution in [2.24, 2.45) is 0 Å². The van der Waals surface area contributed by atoms with Crippen molar-refractivity contribution in [3.8, 4) is 5.75 Å². The Labute approximate surface area is 181 Å². The predicted molar refractivity (Wildman–Crippen MR) is 119 cm³/mol. The molecule has 2 N–H and O–H groups in total. The molecular weight excluding hydrogens is 392 g/mol. The van der Waals surface area contributed by atoms with E-state index in [1.165, 1.54) is 0 Å². The first-order valence-electron chi connectivity index (χ1n) is 10.9. The number of aliphatic hydroxyl groups is 1. The van der Waals surface area contributed by atoms with Crippen LogP contribution in [0.15, 0.2) is 48.8 Å². The van der Waals surface area contributed by atoms with Gasteiger partial charge < -0.3 is 24.6 Å². The van der Waals surface area contributed by atoms with Crippen molar-refractivity contribution < 1.29 is 14.6 Å². The minimum absolute atomic E-state index is 0.101. The van der Waals surface area contributed by atoms with Crippen LogP contribution >= 0.6 is 0 Å². The topological polar surface area (TPSA) is 79.6 Å². The largest absolute Gasteiger partial charge is 0.497 e. The van der Waals surface area contributed by atoms with Crippen LogP contribution in [0.1, 0.15) is 30.7 Å². The number of ether oxygens (including phenoxy) is 1. The number of nitrogens with one attached hydrogen (secondary N) is 1. The van der Waals surface area contributed by atoms with Crippen molar-refractivity contribution >= 4 is 22.6 Å². The number of hydrogen-bond acceptors (Lipinski definition) is 5. The number of nitrogens with zero attached hydrogens (tertiary/aromatic N) is 3. The molecule has 1 amide bonds. The molecule has 3 aromatic rings. The van der Waals surface area contributed by atoms with Gasteiger partial charge in [-0.2, -0.15) is 0 Å². The van der Waals surface area contributed by atoms with Gasteiger partial charge in [0.1, 0.15) is 11.4 Å². The highest BCUT2D eigenvalue weighted by Gasteiger charge is 2.37. The Hall–Kier alpha value is -3.06. The number of hydrogen-bond donors (Lipinski definition) is 2. The van der Waals surface area contributed by atoms with Crippen LogP contribution in [0.2, 0.25) is 0 Å². The summed E-state index contributed by atoms with van der Waals surface area (Å²) in [6.45, 7) is 2.23. The third-order valence-corrected chi connectivity index (χ3v) is 6.56. The average Bonchev–Trinajstić information content (AvgIpc) is 3.37. The van der Waals surface area contributed by atoms with Crippen LogP contribution in [0.3, 0.4) is 0 Å². The number of piperidine rings is 1. The van der Waals surface area contributed by atoms with Crippen LogP contribution in [-0.4, -0.2) is 57.8 Å². The third kappa shape index (κ3) is 3.85. The molecule has 0 radical (unpaired) electrons. The SMILES string of the molecule is COc1ccc2c(c1)NC[C@H]2CC(=O)N1CCC[C@@](O)(Cn2cnc3ccccc32)C1. The van der Waals surface area contributed by atoms with E-state index in [-0.39, 0.29) is 11.8 Å². The van der Waals surface area contributed by atoms with Gasteiger partial charge in [-0.25, -0.2) is 4.98 Å². The zero-order valence-electron chi connectivity index (χ0n) is 17.8. The molecule has 162 valence electrons. The second-order valence-electron chi connectivity index (χ2n) is 8.74. The number of aromatic nitrogens is 2. The van der Waals surface area contributed by atoms with E-state index in [1.807, 2.05) is 51.9 Å². The van der Waals surface area contributed by atoms with Crippen LogP contribution in [0.25, 0.3) is 11.0 Å². The number of benzene rings is 2. The van der Waals surface area contributed by atoms with E-state index in [9.17, 15) is 9.90 Å². The van der Waals surface area contributed by atoms with E-state index in [2.05, 4.69) is 10.3 Å². The number of fused-ring (bicyclic) bond motifs is 2. The number of imidazole rings is 1. The van der Waals surface area contributed by atoms with E-state index in [0.29, 0.717) is 32.5 Å². The summed E-state index contributed by atoms with van der Waals surface area (Å²) in [5, 5.41) is 14.7. The monoisotopic (exact) mass is 420 g/mol. The first-order valence-corrected chi connectivity index (χ1v) is 10.9. The van der Waals surface area contributed by atoms with E-state index in [1.54, 1.807) is 13.4 Å². The molecule has 1 aromatic heterocycles. The highest BCUT2D eigenvalue weighted by molar-refractivity contribution is 5.79. The molecule has 7 heteroatoms. The fraction of sp³-hybridized carbons (Fsp3) is 0.417. The molecule has 31 heavy (non-hydrogen) atoms. The molecule has 7 nitrogen and oxygen atoms in total. The molecule has 0 bridgehead atoms. The van der Waals surface area contributed by atoms with Crippen molar-refractivity contribution in [3.63, 3.8) is 0 Å². The van der Waals surface area contributed by atoms with E-state index in [0.717, 1.165) is 41.0 Å². The van der Waals surface area contributed by atoms with Gasteiger partial charge >= 0.3 is 0 Å². The molecule has 2 aliphatic heterocycles. The summed E-state index contributed by atoms with van der Waals surface area (Å²) in [5.74, 6) is 1.05. The molecule has 2 aliphatic rings. The molecule has 2 aromatic carbocycles. The van der Waals surface area contributed by atoms with Crippen molar-refractivity contribution in [2.75, 3.05) is 32.1 Å². The average molecular weight is 421 g/mol. The third-order valence-electron chi connectivity index (χ3n) is 6.56. The van der Waals surface area contributed by atoms with Gasteiger partial charge in [-0.15, -0.1) is 0 Å². The lowest BCUT2D eigenvalue weighted by atomic mass is 9.91. The van der Waals surface area contributed by atoms with Gasteiger partial charge in [-0.1, -0.05) is 18.2 Å². The molecule has 0 unspecified atom stereocenters. The number of anilines is 1. The van der Waals surface area contributed by atoms with E-state index >= 15 is 0 Å². The van der Waals surface area contributed by atoms with Crippen molar-refractivity contribution in [2.45, 2.75) is 37.3 Å². The lowest BCUT2D eigenvalue weighted by Gasteiger charge is -2.39. The van der Waals surface area contributed by atoms with Gasteiger partial charge in [-0.3, -0.25) is 4.79 Å². The summed E-state index contributed by atoms with van der Waals surface area (Å²) in [4.78, 5) is 19.4. The van der Waals surface area contributed by atoms with E-state index < -0.39 is 5.60 Å². The van der Waals surface area contributed by atoms with Crippen LogP contribution in [0, 0.1) is 0 Å². The molecule has 0 saturated carbocycles. The Morgan fingerprint density at radius 1 is 1.32 bits per heavy atom. The summed E-state index contributed by atoms with van der Waals surface area (Å²) in [7, 11) is 1.65. The summed E-state index contributed by atoms with van der Waals surface area (Å²) in [6, 6.07) is 13.9. The number of para-hydroxylation sites is 2. The number of β-amino-alcohol motifs (C(OH)–C–C–N with tert-alkyl or cyclic N) is 1. The maximum absolute atomic E-state index is 13.1. The smallest absolute Gasteiger partial charge is 0.223 e.